The summed E-state index contributed by atoms with van der Waals surface area (Å²) in [5, 5.41) is -0.340. The molecule has 0 aromatic heterocycles. The van der Waals surface area contributed by atoms with Crippen LogP contribution in [0.1, 0.15) is 6.92 Å². The second-order valence-corrected chi connectivity index (χ2v) is 2.54. The molecule has 0 fully saturated rings. The summed E-state index contributed by atoms with van der Waals surface area (Å²) in [6.45, 7) is 5.46. The molecular weight excluding hydrogens is 122 g/mol. The standard InChI is InChI=1S/C5H9NOS/c1-4(2)3-8-5(6)7/h1,3H2,2H3,(H2,6,7). The molecule has 2 N–H and O–H groups in total. The summed E-state index contributed by atoms with van der Waals surface area (Å²) in [6.07, 6.45) is 0. The van der Waals surface area contributed by atoms with Gasteiger partial charge in [-0.25, -0.2) is 0 Å². The molecule has 0 heterocycles. The van der Waals surface area contributed by atoms with Crippen molar-refractivity contribution in [2.75, 3.05) is 5.75 Å². The predicted octanol–water partition coefficient (Wildman–Crippen LogP) is 1.37. The summed E-state index contributed by atoms with van der Waals surface area (Å²) >= 11 is 1.08. The monoisotopic (exact) mass is 131 g/mol. The highest BCUT2D eigenvalue weighted by Crippen LogP contribution is 2.03. The van der Waals surface area contributed by atoms with Crippen LogP contribution in [0.3, 0.4) is 0 Å². The van der Waals surface area contributed by atoms with E-state index < -0.39 is 0 Å². The van der Waals surface area contributed by atoms with Gasteiger partial charge >= 0.3 is 0 Å². The fraction of sp³-hybridized carbons (Fsp3) is 0.400. The van der Waals surface area contributed by atoms with Crippen LogP contribution in [0.4, 0.5) is 4.79 Å². The number of amides is 1. The van der Waals surface area contributed by atoms with Crippen LogP contribution in [0.25, 0.3) is 0 Å². The number of nitrogens with two attached hydrogens (primary N) is 1. The van der Waals surface area contributed by atoms with Gasteiger partial charge in [0.15, 0.2) is 0 Å². The third-order valence-electron chi connectivity index (χ3n) is 0.461. The molecule has 0 radical (unpaired) electrons. The molecule has 1 amide bonds. The number of hydrogen-bond donors (Lipinski definition) is 1. The Morgan fingerprint density at radius 2 is 2.38 bits per heavy atom. The highest BCUT2D eigenvalue weighted by atomic mass is 32.2. The summed E-state index contributed by atoms with van der Waals surface area (Å²) in [6, 6.07) is 0. The summed E-state index contributed by atoms with van der Waals surface area (Å²) in [5.41, 5.74) is 5.79. The molecule has 46 valence electrons. The lowest BCUT2D eigenvalue weighted by Crippen LogP contribution is -2.02. The molecule has 0 bridgehead atoms. The topological polar surface area (TPSA) is 43.1 Å². The van der Waals surface area contributed by atoms with Crippen LogP contribution in [-0.2, 0) is 0 Å². The Bertz CT molecular complexity index is 97.0. The second-order valence-electron chi connectivity index (χ2n) is 1.56. The molecule has 3 heteroatoms. The summed E-state index contributed by atoms with van der Waals surface area (Å²) < 4.78 is 0. The van der Waals surface area contributed by atoms with E-state index in [4.69, 9.17) is 5.73 Å². The Labute approximate surface area is 53.1 Å². The minimum Gasteiger partial charge on any atom is -0.361 e. The van der Waals surface area contributed by atoms with Crippen LogP contribution in [-0.4, -0.2) is 11.0 Å². The maximum Gasteiger partial charge on any atom is 0.276 e. The van der Waals surface area contributed by atoms with Crippen molar-refractivity contribution in [1.82, 2.24) is 0 Å². The normalized spacial score (nSPS) is 8.62. The number of rotatable bonds is 2. The molecule has 0 unspecified atom stereocenters. The quantitative estimate of drug-likeness (QED) is 0.575. The predicted molar refractivity (Wildman–Crippen MR) is 36.9 cm³/mol. The van der Waals surface area contributed by atoms with Crippen LogP contribution in [0.2, 0.25) is 0 Å². The molecular formula is C5H9NOS. The van der Waals surface area contributed by atoms with Gasteiger partial charge in [0, 0.05) is 5.75 Å². The third kappa shape index (κ3) is 5.56. The molecule has 0 spiro atoms. The lowest BCUT2D eigenvalue weighted by molar-refractivity contribution is 0.267. The molecule has 0 saturated carbocycles. The number of primary amides is 1. The number of hydrogen-bond acceptors (Lipinski definition) is 2. The van der Waals surface area contributed by atoms with Crippen molar-refractivity contribution in [3.63, 3.8) is 0 Å². The minimum absolute atomic E-state index is 0.340. The SMILES string of the molecule is C=C(C)CSC(N)=O. The molecule has 0 atom stereocenters. The first-order chi connectivity index (χ1) is 3.63. The van der Waals surface area contributed by atoms with Crippen LogP contribution in [0.15, 0.2) is 12.2 Å². The lowest BCUT2D eigenvalue weighted by Gasteiger charge is -1.91. The maximum absolute atomic E-state index is 10.0. The van der Waals surface area contributed by atoms with Gasteiger partial charge < -0.3 is 5.73 Å². The first-order valence-electron chi connectivity index (χ1n) is 2.19. The van der Waals surface area contributed by atoms with E-state index in [1.165, 1.54) is 0 Å². The molecule has 8 heavy (non-hydrogen) atoms. The van der Waals surface area contributed by atoms with E-state index in [1.807, 2.05) is 6.92 Å². The average molecular weight is 131 g/mol. The fourth-order valence-corrected chi connectivity index (χ4v) is 0.583. The third-order valence-corrected chi connectivity index (χ3v) is 1.38. The Balaban J connectivity index is 3.18. The van der Waals surface area contributed by atoms with E-state index in [9.17, 15) is 4.79 Å². The van der Waals surface area contributed by atoms with E-state index in [0.29, 0.717) is 5.75 Å². The van der Waals surface area contributed by atoms with E-state index in [1.54, 1.807) is 0 Å². The number of carbonyl (C=O) groups is 1. The van der Waals surface area contributed by atoms with Crippen LogP contribution in [0, 0.1) is 0 Å². The molecule has 0 aliphatic heterocycles. The van der Waals surface area contributed by atoms with Gasteiger partial charge in [-0.2, -0.15) is 0 Å². The molecule has 0 aromatic carbocycles. The number of carbonyl (C=O) groups excluding carboxylic acids is 1. The Morgan fingerprint density at radius 1 is 1.88 bits per heavy atom. The van der Waals surface area contributed by atoms with E-state index in [2.05, 4.69) is 6.58 Å². The van der Waals surface area contributed by atoms with E-state index >= 15 is 0 Å². The van der Waals surface area contributed by atoms with Gasteiger partial charge in [0.1, 0.15) is 0 Å². The zero-order valence-electron chi connectivity index (χ0n) is 4.81. The van der Waals surface area contributed by atoms with Crippen LogP contribution in [0.5, 0.6) is 0 Å². The van der Waals surface area contributed by atoms with Crippen molar-refractivity contribution < 1.29 is 4.79 Å². The first kappa shape index (κ1) is 7.56. The summed E-state index contributed by atoms with van der Waals surface area (Å²) in [7, 11) is 0. The minimum atomic E-state index is -0.340. The fourth-order valence-electron chi connectivity index (χ4n) is 0.194. The highest BCUT2D eigenvalue weighted by Gasteiger charge is 1.91. The average Bonchev–Trinajstić information content (AvgIpc) is 1.61. The van der Waals surface area contributed by atoms with E-state index in [-0.39, 0.29) is 5.24 Å². The molecule has 0 rings (SSSR count). The van der Waals surface area contributed by atoms with E-state index in [0.717, 1.165) is 17.3 Å². The zero-order chi connectivity index (χ0) is 6.57. The van der Waals surface area contributed by atoms with Gasteiger partial charge in [0.25, 0.3) is 5.24 Å². The second kappa shape index (κ2) is 3.55. The Kier molecular flexibility index (Phi) is 3.35. The maximum atomic E-state index is 10.0. The first-order valence-corrected chi connectivity index (χ1v) is 3.18. The summed E-state index contributed by atoms with van der Waals surface area (Å²) in [5.74, 6) is 0.634. The molecule has 0 aromatic rings. The van der Waals surface area contributed by atoms with Crippen molar-refractivity contribution in [1.29, 1.82) is 0 Å². The van der Waals surface area contributed by atoms with Gasteiger partial charge in [0.05, 0.1) is 0 Å². The van der Waals surface area contributed by atoms with Gasteiger partial charge in [-0.3, -0.25) is 4.79 Å². The van der Waals surface area contributed by atoms with Gasteiger partial charge in [0.2, 0.25) is 0 Å². The summed E-state index contributed by atoms with van der Waals surface area (Å²) in [4.78, 5) is 10.0. The zero-order valence-corrected chi connectivity index (χ0v) is 5.62. The van der Waals surface area contributed by atoms with Gasteiger partial charge in [-0.05, 0) is 6.92 Å². The van der Waals surface area contributed by atoms with Crippen molar-refractivity contribution in [3.05, 3.63) is 12.2 Å². The molecule has 2 nitrogen and oxygen atoms in total. The molecule has 0 saturated heterocycles. The number of thioether (sulfide) groups is 1. The molecule has 0 aliphatic carbocycles. The Hall–Kier alpha value is -0.440. The van der Waals surface area contributed by atoms with Crippen LogP contribution < -0.4 is 5.73 Å². The van der Waals surface area contributed by atoms with Gasteiger partial charge in [-0.15, -0.1) is 0 Å². The molecule has 0 aliphatic rings. The largest absolute Gasteiger partial charge is 0.361 e. The smallest absolute Gasteiger partial charge is 0.276 e. The highest BCUT2D eigenvalue weighted by molar-refractivity contribution is 8.13. The lowest BCUT2D eigenvalue weighted by atomic mass is 10.4. The van der Waals surface area contributed by atoms with Crippen LogP contribution >= 0.6 is 11.8 Å². The van der Waals surface area contributed by atoms with Crippen molar-refractivity contribution in [3.8, 4) is 0 Å². The Morgan fingerprint density at radius 3 is 2.50 bits per heavy atom. The van der Waals surface area contributed by atoms with Gasteiger partial charge in [-0.1, -0.05) is 23.9 Å². The van der Waals surface area contributed by atoms with Crippen molar-refractivity contribution >= 4 is 17.0 Å². The van der Waals surface area contributed by atoms with Crippen molar-refractivity contribution in [2.45, 2.75) is 6.92 Å². The van der Waals surface area contributed by atoms with Crippen molar-refractivity contribution in [2.24, 2.45) is 5.73 Å².